The Labute approximate surface area is 293 Å². The monoisotopic (exact) mass is 706 g/mol. The maximum absolute atomic E-state index is 13.7. The molecule has 0 radical (unpaired) electrons. The molecular weight excluding hydrogens is 675 g/mol. The summed E-state index contributed by atoms with van der Waals surface area (Å²) in [4.78, 5) is 56.4. The molecule has 0 fully saturated rings. The van der Waals surface area contributed by atoms with Crippen LogP contribution in [0.5, 0.6) is 0 Å². The van der Waals surface area contributed by atoms with E-state index in [9.17, 15) is 19.2 Å². The molecule has 248 valence electrons. The summed E-state index contributed by atoms with van der Waals surface area (Å²) in [5.74, 6) is -1.80. The molecular formula is C36H33Cl3N4O5. The summed E-state index contributed by atoms with van der Waals surface area (Å²) >= 11 is 19.4. The van der Waals surface area contributed by atoms with Gasteiger partial charge in [0.15, 0.2) is 0 Å². The molecule has 4 aromatic rings. The van der Waals surface area contributed by atoms with Gasteiger partial charge in [-0.3, -0.25) is 9.59 Å². The van der Waals surface area contributed by atoms with E-state index in [1.165, 1.54) is 11.0 Å². The predicted molar refractivity (Wildman–Crippen MR) is 185 cm³/mol. The molecule has 1 atom stereocenters. The Morgan fingerprint density at radius 2 is 1.56 bits per heavy atom. The Bertz CT molecular complexity index is 1810. The summed E-state index contributed by atoms with van der Waals surface area (Å²) in [7, 11) is 1.62. The van der Waals surface area contributed by atoms with Gasteiger partial charge in [-0.15, -0.1) is 0 Å². The maximum Gasteiger partial charge on any atom is 0.330 e. The van der Waals surface area contributed by atoms with E-state index in [1.807, 2.05) is 60.7 Å². The number of esters is 1. The number of ether oxygens (including phenoxy) is 1. The molecule has 4 aromatic carbocycles. The average molecular weight is 708 g/mol. The van der Waals surface area contributed by atoms with Crippen molar-refractivity contribution in [2.75, 3.05) is 20.1 Å². The van der Waals surface area contributed by atoms with Crippen LogP contribution >= 0.6 is 34.8 Å². The molecule has 0 unspecified atom stereocenters. The topological polar surface area (TPSA) is 108 Å². The van der Waals surface area contributed by atoms with Crippen molar-refractivity contribution in [2.45, 2.75) is 32.2 Å². The number of benzene rings is 4. The summed E-state index contributed by atoms with van der Waals surface area (Å²) in [6.45, 7) is 0.724. The Morgan fingerprint density at radius 3 is 2.25 bits per heavy atom. The van der Waals surface area contributed by atoms with Crippen molar-refractivity contribution in [3.05, 3.63) is 139 Å². The molecule has 0 aliphatic carbocycles. The van der Waals surface area contributed by atoms with Crippen LogP contribution in [0.3, 0.4) is 0 Å². The van der Waals surface area contributed by atoms with Crippen molar-refractivity contribution in [3.63, 3.8) is 0 Å². The van der Waals surface area contributed by atoms with E-state index in [0.717, 1.165) is 16.7 Å². The highest BCUT2D eigenvalue weighted by atomic mass is 35.5. The molecule has 5 rings (SSSR count). The third kappa shape index (κ3) is 8.66. The number of nitrogens with one attached hydrogen (secondary N) is 2. The second kappa shape index (κ2) is 16.0. The number of rotatable bonds is 11. The predicted octanol–water partition coefficient (Wildman–Crippen LogP) is 6.53. The van der Waals surface area contributed by atoms with Gasteiger partial charge in [0.05, 0.1) is 22.2 Å². The smallest absolute Gasteiger partial charge is 0.330 e. The number of urea groups is 1. The lowest BCUT2D eigenvalue weighted by molar-refractivity contribution is -0.147. The van der Waals surface area contributed by atoms with E-state index >= 15 is 0 Å². The number of fused-ring (bicyclic) bond motifs is 1. The largest absolute Gasteiger partial charge is 0.459 e. The molecule has 9 nitrogen and oxygen atoms in total. The van der Waals surface area contributed by atoms with Gasteiger partial charge in [0.2, 0.25) is 0 Å². The highest BCUT2D eigenvalue weighted by Crippen LogP contribution is 2.35. The van der Waals surface area contributed by atoms with Crippen molar-refractivity contribution in [2.24, 2.45) is 0 Å². The average Bonchev–Trinajstić information content (AvgIpc) is 3.07. The lowest BCUT2D eigenvalue weighted by Gasteiger charge is -2.30. The normalized spacial score (nSPS) is 12.9. The van der Waals surface area contributed by atoms with Crippen LogP contribution in [0.4, 0.5) is 4.79 Å². The summed E-state index contributed by atoms with van der Waals surface area (Å²) in [5.41, 5.74) is 3.24. The van der Waals surface area contributed by atoms with Crippen LogP contribution in [0.15, 0.2) is 91.0 Å². The number of carbonyl (C=O) groups excluding carboxylic acids is 4. The molecule has 1 aliphatic rings. The second-order valence-corrected chi connectivity index (χ2v) is 12.5. The van der Waals surface area contributed by atoms with Crippen LogP contribution in [0.25, 0.3) is 0 Å². The summed E-state index contributed by atoms with van der Waals surface area (Å²) < 4.78 is 5.51. The molecule has 0 spiro atoms. The van der Waals surface area contributed by atoms with Gasteiger partial charge in [0.25, 0.3) is 11.8 Å². The molecule has 0 saturated heterocycles. The fourth-order valence-corrected chi connectivity index (χ4v) is 6.27. The van der Waals surface area contributed by atoms with Crippen molar-refractivity contribution >= 4 is 58.6 Å². The van der Waals surface area contributed by atoms with Gasteiger partial charge in [-0.2, -0.15) is 0 Å². The minimum atomic E-state index is -1.28. The Balaban J connectivity index is 1.31. The van der Waals surface area contributed by atoms with Crippen molar-refractivity contribution < 1.29 is 23.9 Å². The molecule has 12 heteroatoms. The number of hydrogen-bond acceptors (Lipinski definition) is 5. The van der Waals surface area contributed by atoms with Crippen LogP contribution in [0.2, 0.25) is 15.1 Å². The molecule has 0 aromatic heterocycles. The third-order valence-electron chi connectivity index (χ3n) is 7.84. The minimum Gasteiger partial charge on any atom is -0.459 e. The highest BCUT2D eigenvalue weighted by molar-refractivity contribution is 6.41. The first-order valence-electron chi connectivity index (χ1n) is 15.2. The summed E-state index contributed by atoms with van der Waals surface area (Å²) in [6, 6.07) is 25.4. The van der Waals surface area contributed by atoms with E-state index in [4.69, 9.17) is 39.5 Å². The molecule has 1 aliphatic heterocycles. The van der Waals surface area contributed by atoms with Crippen LogP contribution in [-0.2, 0) is 35.6 Å². The van der Waals surface area contributed by atoms with E-state index in [-0.39, 0.29) is 34.7 Å². The standard InChI is InChI=1S/C36H33Cl3N4O5/c1-42(20-23-9-4-2-5-10-23)36(47)40-19-30(35(46)48-22-24-11-6-3-7-12-24)41-33(44)31-29(38)18-28-27(32(31)39)15-16-43(34(28)45)21-25-13-8-14-26(37)17-25/h2-14,17-18,30H,15-16,19-22H2,1H3,(H,40,47)(H,41,44)/t30-/m0/s1. The lowest BCUT2D eigenvalue weighted by Crippen LogP contribution is -2.51. The molecule has 0 saturated carbocycles. The van der Waals surface area contributed by atoms with Crippen LogP contribution < -0.4 is 10.6 Å². The van der Waals surface area contributed by atoms with Gasteiger partial charge in [-0.05, 0) is 46.9 Å². The number of hydrogen-bond donors (Lipinski definition) is 2. The van der Waals surface area contributed by atoms with Crippen molar-refractivity contribution in [3.8, 4) is 0 Å². The first-order valence-corrected chi connectivity index (χ1v) is 16.3. The van der Waals surface area contributed by atoms with Gasteiger partial charge in [0.1, 0.15) is 12.6 Å². The lowest BCUT2D eigenvalue weighted by atomic mass is 9.95. The minimum absolute atomic E-state index is 0.0220. The first kappa shape index (κ1) is 34.8. The zero-order chi connectivity index (χ0) is 34.2. The van der Waals surface area contributed by atoms with Gasteiger partial charge >= 0.3 is 12.0 Å². The summed E-state index contributed by atoms with van der Waals surface area (Å²) in [6.07, 6.45) is 0.379. The van der Waals surface area contributed by atoms with Crippen LogP contribution in [0.1, 0.15) is 43.0 Å². The Hall–Kier alpha value is -4.57. The van der Waals surface area contributed by atoms with E-state index in [0.29, 0.717) is 42.2 Å². The van der Waals surface area contributed by atoms with Crippen LogP contribution in [0, 0.1) is 0 Å². The zero-order valence-electron chi connectivity index (χ0n) is 26.0. The second-order valence-electron chi connectivity index (χ2n) is 11.3. The van der Waals surface area contributed by atoms with Crippen molar-refractivity contribution in [1.82, 2.24) is 20.4 Å². The molecule has 4 amide bonds. The van der Waals surface area contributed by atoms with Gasteiger partial charge in [-0.1, -0.05) is 108 Å². The zero-order valence-corrected chi connectivity index (χ0v) is 28.3. The Kier molecular flexibility index (Phi) is 11.6. The van der Waals surface area contributed by atoms with E-state index < -0.39 is 23.9 Å². The third-order valence-corrected chi connectivity index (χ3v) is 8.79. The summed E-state index contributed by atoms with van der Waals surface area (Å²) in [5, 5.41) is 5.87. The molecule has 2 N–H and O–H groups in total. The number of nitrogens with zero attached hydrogens (tertiary/aromatic N) is 2. The molecule has 1 heterocycles. The van der Waals surface area contributed by atoms with Gasteiger partial charge in [-0.25, -0.2) is 9.59 Å². The van der Waals surface area contributed by atoms with E-state index in [1.54, 1.807) is 36.2 Å². The quantitative estimate of drug-likeness (QED) is 0.173. The number of carbonyl (C=O) groups is 4. The van der Waals surface area contributed by atoms with Crippen molar-refractivity contribution in [1.29, 1.82) is 0 Å². The fraction of sp³-hybridized carbons (Fsp3) is 0.222. The molecule has 0 bridgehead atoms. The maximum atomic E-state index is 13.7. The SMILES string of the molecule is CN(Cc1ccccc1)C(=O)NC[C@H](NC(=O)c1c(Cl)cc2c(c1Cl)CCN(Cc1cccc(Cl)c1)C2=O)C(=O)OCc1ccccc1. The van der Waals surface area contributed by atoms with Crippen LogP contribution in [-0.4, -0.2) is 59.8 Å². The first-order chi connectivity index (χ1) is 23.1. The fourth-order valence-electron chi connectivity index (χ4n) is 5.33. The van der Waals surface area contributed by atoms with E-state index in [2.05, 4.69) is 10.6 Å². The molecule has 48 heavy (non-hydrogen) atoms. The van der Waals surface area contributed by atoms with Gasteiger partial charge in [0, 0.05) is 37.3 Å². The number of amides is 4. The highest BCUT2D eigenvalue weighted by Gasteiger charge is 2.32. The Morgan fingerprint density at radius 1 is 0.896 bits per heavy atom. The number of halogens is 3. The van der Waals surface area contributed by atoms with Gasteiger partial charge < -0.3 is 25.2 Å².